The molecule has 0 unspecified atom stereocenters. The molecule has 2 aliphatic heterocycles. The van der Waals surface area contributed by atoms with Crippen LogP contribution in [0.4, 0.5) is 21.7 Å². The van der Waals surface area contributed by atoms with Crippen LogP contribution in [0, 0.1) is 5.82 Å². The van der Waals surface area contributed by atoms with E-state index in [0.717, 1.165) is 5.56 Å². The number of amides is 1. The second kappa shape index (κ2) is 7.34. The van der Waals surface area contributed by atoms with Gasteiger partial charge in [0.1, 0.15) is 17.2 Å². The third-order valence-corrected chi connectivity index (χ3v) is 5.80. The molecule has 7 nitrogen and oxygen atoms in total. The van der Waals surface area contributed by atoms with Gasteiger partial charge in [0.15, 0.2) is 5.82 Å². The summed E-state index contributed by atoms with van der Waals surface area (Å²) in [5, 5.41) is 8.75. The van der Waals surface area contributed by atoms with Crippen LogP contribution in [-0.4, -0.2) is 45.7 Å². The summed E-state index contributed by atoms with van der Waals surface area (Å²) in [6.45, 7) is 5.09. The molecule has 0 spiro atoms. The van der Waals surface area contributed by atoms with Crippen LogP contribution in [0.5, 0.6) is 0 Å². The Bertz CT molecular complexity index is 1230. The maximum Gasteiger partial charge on any atom is 0.267 e. The lowest BCUT2D eigenvalue weighted by Crippen LogP contribution is -2.48. The van der Waals surface area contributed by atoms with Gasteiger partial charge >= 0.3 is 0 Å². The van der Waals surface area contributed by atoms with E-state index in [1.165, 1.54) is 12.1 Å². The number of benzene rings is 2. The molecule has 1 aromatic heterocycles. The van der Waals surface area contributed by atoms with Gasteiger partial charge in [0.05, 0.1) is 18.6 Å². The van der Waals surface area contributed by atoms with E-state index in [9.17, 15) is 9.18 Å². The Kier molecular flexibility index (Phi) is 4.70. The van der Waals surface area contributed by atoms with Gasteiger partial charge in [-0.2, -0.15) is 5.10 Å². The fourth-order valence-electron chi connectivity index (χ4n) is 4.02. The Balaban J connectivity index is 1.63. The standard InChI is InChI=1S/C23H22ClFN6O/c1-23(2)13-30-20-18(21(32)29(3)22(30)27-23)19(26-17-10-8-16(25)9-11-17)31(28-20)12-14-4-6-15(24)7-5-14/h4-11,26H,12-13H2,1-3H3. The Morgan fingerprint density at radius 2 is 1.81 bits per heavy atom. The second-order valence-electron chi connectivity index (χ2n) is 8.64. The number of anilines is 3. The normalized spacial score (nSPS) is 16.7. The highest BCUT2D eigenvalue weighted by molar-refractivity contribution is 6.30. The van der Waals surface area contributed by atoms with Crippen molar-refractivity contribution < 1.29 is 9.18 Å². The quantitative estimate of drug-likeness (QED) is 0.632. The van der Waals surface area contributed by atoms with E-state index < -0.39 is 0 Å². The number of fused-ring (bicyclic) bond motifs is 3. The van der Waals surface area contributed by atoms with E-state index in [1.807, 2.05) is 43.0 Å². The SMILES string of the molecule is CN1C(=O)c2c(nn(Cc3ccc(Cl)cc3)c2Nc2ccc(F)cc2)N2CC(C)(C)N=C12. The molecule has 0 aliphatic carbocycles. The minimum atomic E-state index is -0.337. The first-order valence-corrected chi connectivity index (χ1v) is 10.6. The molecule has 0 saturated heterocycles. The number of nitrogens with zero attached hydrogens (tertiary/aromatic N) is 5. The zero-order chi connectivity index (χ0) is 22.6. The van der Waals surface area contributed by atoms with Crippen LogP contribution < -0.4 is 10.2 Å². The molecule has 0 bridgehead atoms. The van der Waals surface area contributed by atoms with Crippen molar-refractivity contribution in [3.05, 3.63) is 70.5 Å². The summed E-state index contributed by atoms with van der Waals surface area (Å²) in [5.41, 5.74) is 1.76. The first-order chi connectivity index (χ1) is 15.2. The molecule has 3 heterocycles. The lowest BCUT2D eigenvalue weighted by Gasteiger charge is -2.30. The zero-order valence-corrected chi connectivity index (χ0v) is 18.7. The molecule has 0 radical (unpaired) electrons. The summed E-state index contributed by atoms with van der Waals surface area (Å²) in [5.74, 6) is 1.18. The summed E-state index contributed by atoms with van der Waals surface area (Å²) in [6.07, 6.45) is 0. The van der Waals surface area contributed by atoms with Crippen molar-refractivity contribution in [3.63, 3.8) is 0 Å². The summed E-state index contributed by atoms with van der Waals surface area (Å²) in [7, 11) is 1.72. The Hall–Kier alpha value is -3.39. The summed E-state index contributed by atoms with van der Waals surface area (Å²) in [4.78, 5) is 21.6. The molecule has 3 aromatic rings. The second-order valence-corrected chi connectivity index (χ2v) is 9.07. The minimum absolute atomic E-state index is 0.195. The minimum Gasteiger partial charge on any atom is -0.340 e. The van der Waals surface area contributed by atoms with Crippen molar-refractivity contribution in [1.29, 1.82) is 0 Å². The highest BCUT2D eigenvalue weighted by Crippen LogP contribution is 2.38. The molecule has 2 aliphatic rings. The molecule has 164 valence electrons. The fraction of sp³-hybridized carbons (Fsp3) is 0.261. The number of carbonyl (C=O) groups is 1. The molecule has 1 amide bonds. The van der Waals surface area contributed by atoms with Crippen molar-refractivity contribution >= 4 is 40.8 Å². The Labute approximate surface area is 190 Å². The summed E-state index contributed by atoms with van der Waals surface area (Å²) in [6, 6.07) is 13.5. The van der Waals surface area contributed by atoms with Crippen molar-refractivity contribution in [2.75, 3.05) is 23.8 Å². The number of hydrogen-bond donors (Lipinski definition) is 1. The van der Waals surface area contributed by atoms with Crippen LogP contribution in [0.15, 0.2) is 53.5 Å². The molecule has 9 heteroatoms. The van der Waals surface area contributed by atoms with E-state index >= 15 is 0 Å². The number of nitrogens with one attached hydrogen (secondary N) is 1. The van der Waals surface area contributed by atoms with Gasteiger partial charge in [-0.15, -0.1) is 0 Å². The lowest BCUT2D eigenvalue weighted by molar-refractivity contribution is 0.0866. The van der Waals surface area contributed by atoms with Gasteiger partial charge in [-0.1, -0.05) is 23.7 Å². The average molecular weight is 453 g/mol. The van der Waals surface area contributed by atoms with Crippen LogP contribution in [0.1, 0.15) is 29.8 Å². The molecule has 0 saturated carbocycles. The van der Waals surface area contributed by atoms with E-state index in [2.05, 4.69) is 5.32 Å². The van der Waals surface area contributed by atoms with Gasteiger partial charge < -0.3 is 5.32 Å². The van der Waals surface area contributed by atoms with Gasteiger partial charge in [0.25, 0.3) is 5.91 Å². The molecular formula is C23H22ClFN6O. The largest absolute Gasteiger partial charge is 0.340 e. The number of rotatable bonds is 4. The Morgan fingerprint density at radius 3 is 2.50 bits per heavy atom. The van der Waals surface area contributed by atoms with Crippen molar-refractivity contribution in [2.24, 2.45) is 4.99 Å². The Morgan fingerprint density at radius 1 is 1.12 bits per heavy atom. The topological polar surface area (TPSA) is 65.8 Å². The average Bonchev–Trinajstić information content (AvgIpc) is 3.27. The fourth-order valence-corrected chi connectivity index (χ4v) is 4.14. The van der Waals surface area contributed by atoms with Gasteiger partial charge in [-0.3, -0.25) is 14.6 Å². The van der Waals surface area contributed by atoms with Crippen LogP contribution >= 0.6 is 11.6 Å². The molecule has 0 atom stereocenters. The highest BCUT2D eigenvalue weighted by atomic mass is 35.5. The predicted octanol–water partition coefficient (Wildman–Crippen LogP) is 4.51. The molecular weight excluding hydrogens is 431 g/mol. The van der Waals surface area contributed by atoms with Gasteiger partial charge in [0.2, 0.25) is 5.96 Å². The van der Waals surface area contributed by atoms with Gasteiger partial charge in [-0.25, -0.2) is 14.1 Å². The predicted molar refractivity (Wildman–Crippen MR) is 123 cm³/mol. The summed E-state index contributed by atoms with van der Waals surface area (Å²) >= 11 is 6.04. The van der Waals surface area contributed by atoms with Crippen LogP contribution in [0.3, 0.4) is 0 Å². The molecule has 32 heavy (non-hydrogen) atoms. The zero-order valence-electron chi connectivity index (χ0n) is 17.9. The smallest absolute Gasteiger partial charge is 0.267 e. The van der Waals surface area contributed by atoms with E-state index in [1.54, 1.807) is 28.8 Å². The summed E-state index contributed by atoms with van der Waals surface area (Å²) < 4.78 is 15.2. The maximum absolute atomic E-state index is 13.4. The molecule has 2 aromatic carbocycles. The number of aromatic nitrogens is 2. The number of hydrogen-bond acceptors (Lipinski definition) is 5. The van der Waals surface area contributed by atoms with Crippen molar-refractivity contribution in [1.82, 2.24) is 14.7 Å². The van der Waals surface area contributed by atoms with Gasteiger partial charge in [0, 0.05) is 17.8 Å². The van der Waals surface area contributed by atoms with Crippen LogP contribution in [-0.2, 0) is 6.54 Å². The first kappa shape index (κ1) is 20.5. The molecule has 1 N–H and O–H groups in total. The monoisotopic (exact) mass is 452 g/mol. The molecule has 5 rings (SSSR count). The van der Waals surface area contributed by atoms with Crippen molar-refractivity contribution in [2.45, 2.75) is 25.9 Å². The number of guanidine groups is 1. The van der Waals surface area contributed by atoms with Crippen LogP contribution in [0.25, 0.3) is 0 Å². The lowest BCUT2D eigenvalue weighted by atomic mass is 10.1. The van der Waals surface area contributed by atoms with Crippen molar-refractivity contribution in [3.8, 4) is 0 Å². The third-order valence-electron chi connectivity index (χ3n) is 5.55. The van der Waals surface area contributed by atoms with E-state index in [-0.39, 0.29) is 17.3 Å². The number of carbonyl (C=O) groups excluding carboxylic acids is 1. The third kappa shape index (κ3) is 3.50. The maximum atomic E-state index is 13.4. The molecule has 0 fully saturated rings. The van der Waals surface area contributed by atoms with E-state index in [4.69, 9.17) is 21.7 Å². The van der Waals surface area contributed by atoms with E-state index in [0.29, 0.717) is 47.0 Å². The first-order valence-electron chi connectivity index (χ1n) is 10.3. The number of aliphatic imine (C=N–C) groups is 1. The number of halogens is 2. The van der Waals surface area contributed by atoms with Crippen LogP contribution in [0.2, 0.25) is 5.02 Å². The highest BCUT2D eigenvalue weighted by Gasteiger charge is 2.45. The van der Waals surface area contributed by atoms with Gasteiger partial charge in [-0.05, 0) is 55.8 Å².